The van der Waals surface area contributed by atoms with Crippen molar-refractivity contribution in [1.29, 1.82) is 0 Å². The lowest BCUT2D eigenvalue weighted by molar-refractivity contribution is 0.200. The smallest absolute Gasteiger partial charge is 0.242 e. The molecule has 1 aliphatic carbocycles. The lowest BCUT2D eigenvalue weighted by Gasteiger charge is -2.31. The summed E-state index contributed by atoms with van der Waals surface area (Å²) in [5, 5.41) is 3.44. The first-order valence-corrected chi connectivity index (χ1v) is 9.71. The van der Waals surface area contributed by atoms with Gasteiger partial charge < -0.3 is 15.0 Å². The van der Waals surface area contributed by atoms with Crippen molar-refractivity contribution in [1.82, 2.24) is 19.3 Å². The van der Waals surface area contributed by atoms with Gasteiger partial charge in [0, 0.05) is 30.0 Å². The lowest BCUT2D eigenvalue weighted by atomic mass is 9.96. The zero-order valence-corrected chi connectivity index (χ0v) is 15.6. The first kappa shape index (κ1) is 16.6. The molecular formula is C21H24N5O. The largest absolute Gasteiger partial charge is 0.479 e. The van der Waals surface area contributed by atoms with E-state index in [9.17, 15) is 0 Å². The second-order valence-corrected chi connectivity index (χ2v) is 7.43. The van der Waals surface area contributed by atoms with Gasteiger partial charge in [0.05, 0.1) is 7.11 Å². The molecule has 2 fully saturated rings. The molecule has 1 saturated heterocycles. The maximum atomic E-state index is 5.54. The molecule has 1 aromatic carbocycles. The van der Waals surface area contributed by atoms with E-state index in [2.05, 4.69) is 25.7 Å². The van der Waals surface area contributed by atoms with Crippen LogP contribution in [0.15, 0.2) is 36.7 Å². The Bertz CT molecular complexity index is 926. The average Bonchev–Trinajstić information content (AvgIpc) is 3.51. The van der Waals surface area contributed by atoms with Crippen molar-refractivity contribution in [2.75, 3.05) is 25.5 Å². The highest BCUT2D eigenvalue weighted by atomic mass is 16.5. The van der Waals surface area contributed by atoms with Crippen LogP contribution in [0.5, 0.6) is 5.88 Å². The summed E-state index contributed by atoms with van der Waals surface area (Å²) >= 11 is 0. The van der Waals surface area contributed by atoms with Crippen molar-refractivity contribution in [2.45, 2.75) is 37.6 Å². The molecule has 0 amide bonds. The van der Waals surface area contributed by atoms with Gasteiger partial charge in [0.25, 0.3) is 0 Å². The Labute approximate surface area is 159 Å². The number of likely N-dealkylation sites (tertiary alicyclic amines) is 1. The van der Waals surface area contributed by atoms with Gasteiger partial charge in [-0.2, -0.15) is 0 Å². The fraction of sp³-hybridized carbons (Fsp3) is 0.429. The van der Waals surface area contributed by atoms with Crippen LogP contribution in [0.3, 0.4) is 0 Å². The summed E-state index contributed by atoms with van der Waals surface area (Å²) in [7, 11) is 1.66. The number of fused-ring (bicyclic) bond motifs is 1. The number of ether oxygens (including phenoxy) is 1. The molecule has 6 heteroatoms. The number of benzene rings is 1. The Balaban J connectivity index is 1.50. The zero-order chi connectivity index (χ0) is 18.2. The zero-order valence-electron chi connectivity index (χ0n) is 15.6. The summed E-state index contributed by atoms with van der Waals surface area (Å²) < 4.78 is 7.69. The van der Waals surface area contributed by atoms with Gasteiger partial charge in [0.15, 0.2) is 11.3 Å². The van der Waals surface area contributed by atoms with Crippen molar-refractivity contribution in [2.24, 2.45) is 0 Å². The van der Waals surface area contributed by atoms with Gasteiger partial charge in [-0.3, -0.25) is 4.40 Å². The van der Waals surface area contributed by atoms with E-state index < -0.39 is 0 Å². The van der Waals surface area contributed by atoms with Gasteiger partial charge in [-0.05, 0) is 57.0 Å². The molecule has 0 unspecified atom stereocenters. The van der Waals surface area contributed by atoms with E-state index in [0.29, 0.717) is 11.8 Å². The second kappa shape index (κ2) is 6.85. The Hall–Kier alpha value is -2.60. The van der Waals surface area contributed by atoms with Crippen LogP contribution in [0.4, 0.5) is 11.5 Å². The standard InChI is InChI=1S/C21H24N5O/c1-27-21-18-19(23-16-5-3-2-4-6-16)24-20(26(18)14-11-22-21)15-9-12-25(13-10-15)17-7-8-17/h3-6,11,14-15,17,23H,7-10,12-13H2,1H3. The molecule has 27 heavy (non-hydrogen) atoms. The first-order valence-electron chi connectivity index (χ1n) is 9.71. The molecular weight excluding hydrogens is 338 g/mol. The fourth-order valence-corrected chi connectivity index (χ4v) is 4.13. The number of hydrogen-bond acceptors (Lipinski definition) is 5. The maximum Gasteiger partial charge on any atom is 0.242 e. The van der Waals surface area contributed by atoms with E-state index in [1.807, 2.05) is 30.5 Å². The van der Waals surface area contributed by atoms with E-state index in [1.54, 1.807) is 13.3 Å². The van der Waals surface area contributed by atoms with Gasteiger partial charge in [-0.1, -0.05) is 12.1 Å². The predicted molar refractivity (Wildman–Crippen MR) is 105 cm³/mol. The molecule has 6 nitrogen and oxygen atoms in total. The molecule has 3 heterocycles. The molecule has 1 radical (unpaired) electrons. The van der Waals surface area contributed by atoms with Crippen molar-refractivity contribution in [3.63, 3.8) is 0 Å². The topological polar surface area (TPSA) is 54.7 Å². The van der Waals surface area contributed by atoms with Gasteiger partial charge in [-0.25, -0.2) is 9.97 Å². The minimum absolute atomic E-state index is 0.458. The summed E-state index contributed by atoms with van der Waals surface area (Å²) in [4.78, 5) is 12.0. The Morgan fingerprint density at radius 2 is 1.93 bits per heavy atom. The van der Waals surface area contributed by atoms with Crippen LogP contribution in [0, 0.1) is 6.07 Å². The van der Waals surface area contributed by atoms with Crippen molar-refractivity contribution >= 4 is 17.0 Å². The number of hydrogen-bond donors (Lipinski definition) is 1. The highest BCUT2D eigenvalue weighted by molar-refractivity contribution is 5.78. The summed E-state index contributed by atoms with van der Waals surface area (Å²) in [6, 6.07) is 11.7. The molecule has 0 spiro atoms. The van der Waals surface area contributed by atoms with E-state index in [4.69, 9.17) is 9.72 Å². The van der Waals surface area contributed by atoms with Crippen molar-refractivity contribution in [3.8, 4) is 5.88 Å². The van der Waals surface area contributed by atoms with Gasteiger partial charge >= 0.3 is 0 Å². The fourth-order valence-electron chi connectivity index (χ4n) is 4.13. The van der Waals surface area contributed by atoms with Crippen LogP contribution < -0.4 is 10.1 Å². The summed E-state index contributed by atoms with van der Waals surface area (Å²) in [6.45, 7) is 2.34. The predicted octanol–water partition coefficient (Wildman–Crippen LogP) is 3.62. The third-order valence-electron chi connectivity index (χ3n) is 5.68. The number of aromatic nitrogens is 3. The average molecular weight is 362 g/mol. The van der Waals surface area contributed by atoms with Crippen LogP contribution in [0.25, 0.3) is 5.52 Å². The normalized spacial score (nSPS) is 18.7. The molecule has 0 atom stereocenters. The molecule has 5 rings (SSSR count). The molecule has 2 aromatic heterocycles. The molecule has 139 valence electrons. The molecule has 3 aromatic rings. The monoisotopic (exact) mass is 362 g/mol. The number of rotatable bonds is 5. The number of anilines is 2. The number of nitrogens with one attached hydrogen (secondary N) is 1. The molecule has 2 aliphatic rings. The van der Waals surface area contributed by atoms with Crippen molar-refractivity contribution < 1.29 is 4.74 Å². The van der Waals surface area contributed by atoms with Crippen LogP contribution in [0.1, 0.15) is 37.4 Å². The van der Waals surface area contributed by atoms with Crippen LogP contribution in [-0.2, 0) is 0 Å². The lowest BCUT2D eigenvalue weighted by Crippen LogP contribution is -2.35. The van der Waals surface area contributed by atoms with Gasteiger partial charge in [0.1, 0.15) is 5.82 Å². The molecule has 1 N–H and O–H groups in total. The summed E-state index contributed by atoms with van der Waals surface area (Å²) in [6.07, 6.45) is 8.85. The first-order chi connectivity index (χ1) is 13.3. The molecule has 1 saturated carbocycles. The highest BCUT2D eigenvalue weighted by Gasteiger charge is 2.33. The summed E-state index contributed by atoms with van der Waals surface area (Å²) in [5.41, 5.74) is 1.88. The SMILES string of the molecule is COc1nccn2c(C3CCN(C4CC4)CC3)nc(Nc3cc[c]cc3)c12. The number of imidazole rings is 1. The van der Waals surface area contributed by atoms with Gasteiger partial charge in [0.2, 0.25) is 5.88 Å². The van der Waals surface area contributed by atoms with E-state index in [-0.39, 0.29) is 0 Å². The summed E-state index contributed by atoms with van der Waals surface area (Å²) in [5.74, 6) is 2.95. The van der Waals surface area contributed by atoms with Crippen LogP contribution >= 0.6 is 0 Å². The highest BCUT2D eigenvalue weighted by Crippen LogP contribution is 2.37. The third-order valence-corrected chi connectivity index (χ3v) is 5.68. The maximum absolute atomic E-state index is 5.54. The number of nitrogens with zero attached hydrogens (tertiary/aromatic N) is 4. The number of methoxy groups -OCH3 is 1. The minimum atomic E-state index is 0.458. The Morgan fingerprint density at radius 3 is 2.63 bits per heavy atom. The molecule has 0 bridgehead atoms. The quantitative estimate of drug-likeness (QED) is 0.751. The third kappa shape index (κ3) is 3.14. The molecule has 1 aliphatic heterocycles. The van der Waals surface area contributed by atoms with Crippen molar-refractivity contribution in [3.05, 3.63) is 48.5 Å². The van der Waals surface area contributed by atoms with Gasteiger partial charge in [-0.15, -0.1) is 0 Å². The second-order valence-electron chi connectivity index (χ2n) is 7.43. The minimum Gasteiger partial charge on any atom is -0.479 e. The van der Waals surface area contributed by atoms with E-state index in [0.717, 1.165) is 41.7 Å². The van der Waals surface area contributed by atoms with Crippen LogP contribution in [-0.4, -0.2) is 45.5 Å². The number of piperidine rings is 1. The Morgan fingerprint density at radius 1 is 1.15 bits per heavy atom. The van der Waals surface area contributed by atoms with Crippen LogP contribution in [0.2, 0.25) is 0 Å². The Kier molecular flexibility index (Phi) is 4.20. The van der Waals surface area contributed by atoms with E-state index >= 15 is 0 Å². The van der Waals surface area contributed by atoms with E-state index in [1.165, 1.54) is 25.9 Å².